The maximum Gasteiger partial charge on any atom is 0.141 e. The van der Waals surface area contributed by atoms with Gasteiger partial charge in [-0.25, -0.2) is 0 Å². The molecule has 0 aliphatic heterocycles. The van der Waals surface area contributed by atoms with Gasteiger partial charge in [0, 0.05) is 26.8 Å². The Morgan fingerprint density at radius 1 is 1.69 bits per heavy atom. The highest BCUT2D eigenvalue weighted by atomic mass is 16.5. The van der Waals surface area contributed by atoms with Crippen LogP contribution in [0.2, 0.25) is 0 Å². The van der Waals surface area contributed by atoms with Crippen LogP contribution in [0.25, 0.3) is 0 Å². The molecule has 1 aromatic heterocycles. The zero-order valence-electron chi connectivity index (χ0n) is 7.86. The van der Waals surface area contributed by atoms with Gasteiger partial charge in [-0.05, 0) is 0 Å². The molecule has 1 heterocycles. The third-order valence-corrected chi connectivity index (χ3v) is 1.61. The van der Waals surface area contributed by atoms with Crippen molar-refractivity contribution in [2.24, 2.45) is 7.05 Å². The van der Waals surface area contributed by atoms with Crippen molar-refractivity contribution in [2.75, 3.05) is 13.7 Å². The molecule has 0 unspecified atom stereocenters. The van der Waals surface area contributed by atoms with Crippen molar-refractivity contribution < 1.29 is 9.53 Å². The molecule has 0 amide bonds. The molecule has 0 aliphatic rings. The van der Waals surface area contributed by atoms with Crippen LogP contribution < -0.4 is 0 Å². The van der Waals surface area contributed by atoms with Crippen LogP contribution in [-0.2, 0) is 23.0 Å². The minimum absolute atomic E-state index is 0.127. The van der Waals surface area contributed by atoms with E-state index in [4.69, 9.17) is 4.74 Å². The lowest BCUT2D eigenvalue weighted by atomic mass is 10.2. The Bertz CT molecular complexity index is 283. The zero-order valence-corrected chi connectivity index (χ0v) is 7.86. The number of rotatable bonds is 5. The van der Waals surface area contributed by atoms with Gasteiger partial charge in [0.2, 0.25) is 0 Å². The van der Waals surface area contributed by atoms with Gasteiger partial charge in [0.1, 0.15) is 5.78 Å². The number of hydrogen-bond acceptors (Lipinski definition) is 4. The van der Waals surface area contributed by atoms with Crippen LogP contribution >= 0.6 is 0 Å². The monoisotopic (exact) mass is 183 g/mol. The Hall–Kier alpha value is -1.23. The van der Waals surface area contributed by atoms with Crippen LogP contribution in [0.4, 0.5) is 0 Å². The highest BCUT2D eigenvalue weighted by Crippen LogP contribution is 1.96. The Morgan fingerprint density at radius 3 is 3.00 bits per heavy atom. The average Bonchev–Trinajstić information content (AvgIpc) is 2.48. The smallest absolute Gasteiger partial charge is 0.141 e. The molecule has 0 aliphatic carbocycles. The van der Waals surface area contributed by atoms with Crippen LogP contribution in [0.5, 0.6) is 0 Å². The lowest BCUT2D eigenvalue weighted by molar-refractivity contribution is -0.119. The predicted octanol–water partition coefficient (Wildman–Crippen LogP) is -0.0368. The van der Waals surface area contributed by atoms with Crippen LogP contribution in [0.15, 0.2) is 6.20 Å². The summed E-state index contributed by atoms with van der Waals surface area (Å²) >= 11 is 0. The molecular formula is C8H13N3O2. The molecule has 1 rings (SSSR count). The first-order chi connectivity index (χ1) is 6.22. The molecule has 5 heteroatoms. The minimum atomic E-state index is 0.127. The van der Waals surface area contributed by atoms with Crippen molar-refractivity contribution in [3.8, 4) is 0 Å². The number of ether oxygens (including phenoxy) is 1. The molecule has 0 bridgehead atoms. The van der Waals surface area contributed by atoms with Gasteiger partial charge in [0.15, 0.2) is 0 Å². The van der Waals surface area contributed by atoms with Crippen molar-refractivity contribution in [1.82, 2.24) is 15.0 Å². The third-order valence-electron chi connectivity index (χ3n) is 1.61. The summed E-state index contributed by atoms with van der Waals surface area (Å²) in [6, 6.07) is 0. The molecule has 1 aromatic rings. The Kier molecular flexibility index (Phi) is 3.57. The first-order valence-electron chi connectivity index (χ1n) is 4.08. The fraction of sp³-hybridized carbons (Fsp3) is 0.625. The second-order valence-corrected chi connectivity index (χ2v) is 2.84. The molecule has 13 heavy (non-hydrogen) atoms. The summed E-state index contributed by atoms with van der Waals surface area (Å²) in [6.45, 7) is 0.471. The number of aryl methyl sites for hydroxylation is 1. The molecule has 0 aromatic carbocycles. The van der Waals surface area contributed by atoms with E-state index in [0.717, 1.165) is 0 Å². The molecule has 0 atom stereocenters. The maximum absolute atomic E-state index is 11.2. The Balaban J connectivity index is 2.36. The average molecular weight is 183 g/mol. The molecule has 5 nitrogen and oxygen atoms in total. The van der Waals surface area contributed by atoms with Crippen LogP contribution in [-0.4, -0.2) is 34.5 Å². The second kappa shape index (κ2) is 4.71. The van der Waals surface area contributed by atoms with Gasteiger partial charge in [0.05, 0.1) is 18.7 Å². The second-order valence-electron chi connectivity index (χ2n) is 2.84. The number of ketones is 1. The van der Waals surface area contributed by atoms with E-state index in [-0.39, 0.29) is 5.78 Å². The van der Waals surface area contributed by atoms with E-state index < -0.39 is 0 Å². The SMILES string of the molecule is COCCC(=O)Cc1cn(C)nn1. The highest BCUT2D eigenvalue weighted by molar-refractivity contribution is 5.80. The number of aromatic nitrogens is 3. The van der Waals surface area contributed by atoms with Gasteiger partial charge in [-0.3, -0.25) is 9.48 Å². The fourth-order valence-corrected chi connectivity index (χ4v) is 0.983. The van der Waals surface area contributed by atoms with Crippen LogP contribution in [0.3, 0.4) is 0 Å². The van der Waals surface area contributed by atoms with Gasteiger partial charge in [-0.2, -0.15) is 0 Å². The molecule has 0 spiro atoms. The summed E-state index contributed by atoms with van der Waals surface area (Å²) in [7, 11) is 3.35. The lowest BCUT2D eigenvalue weighted by Crippen LogP contribution is -2.06. The number of methoxy groups -OCH3 is 1. The minimum Gasteiger partial charge on any atom is -0.384 e. The van der Waals surface area contributed by atoms with Crippen LogP contribution in [0, 0.1) is 0 Å². The summed E-state index contributed by atoms with van der Waals surface area (Å²) in [5.41, 5.74) is 0.712. The fourth-order valence-electron chi connectivity index (χ4n) is 0.983. The summed E-state index contributed by atoms with van der Waals surface area (Å²) in [5.74, 6) is 0.127. The van der Waals surface area contributed by atoms with Crippen molar-refractivity contribution >= 4 is 5.78 Å². The summed E-state index contributed by atoms with van der Waals surface area (Å²) < 4.78 is 6.38. The summed E-state index contributed by atoms with van der Waals surface area (Å²) in [5, 5.41) is 7.55. The van der Waals surface area contributed by atoms with Gasteiger partial charge in [-0.1, -0.05) is 5.21 Å². The quantitative estimate of drug-likeness (QED) is 0.643. The van der Waals surface area contributed by atoms with Crippen molar-refractivity contribution in [3.63, 3.8) is 0 Å². The molecule has 0 fully saturated rings. The van der Waals surface area contributed by atoms with E-state index in [2.05, 4.69) is 10.3 Å². The molecule has 0 saturated carbocycles. The van der Waals surface area contributed by atoms with E-state index in [1.807, 2.05) is 0 Å². The summed E-state index contributed by atoms with van der Waals surface area (Å²) in [6.07, 6.45) is 2.52. The van der Waals surface area contributed by atoms with E-state index >= 15 is 0 Å². The molecule has 0 N–H and O–H groups in total. The van der Waals surface area contributed by atoms with Crippen molar-refractivity contribution in [2.45, 2.75) is 12.8 Å². The Morgan fingerprint density at radius 2 is 2.46 bits per heavy atom. The standard InChI is InChI=1S/C8H13N3O2/c1-11-6-7(9-10-11)5-8(12)3-4-13-2/h6H,3-5H2,1-2H3. The van der Waals surface area contributed by atoms with Crippen LogP contribution in [0.1, 0.15) is 12.1 Å². The normalized spacial score (nSPS) is 10.3. The molecular weight excluding hydrogens is 170 g/mol. The van der Waals surface area contributed by atoms with Gasteiger partial charge >= 0.3 is 0 Å². The van der Waals surface area contributed by atoms with Gasteiger partial charge in [0.25, 0.3) is 0 Å². The van der Waals surface area contributed by atoms with Crippen molar-refractivity contribution in [3.05, 3.63) is 11.9 Å². The zero-order chi connectivity index (χ0) is 9.68. The van der Waals surface area contributed by atoms with Gasteiger partial charge < -0.3 is 4.74 Å². The van der Waals surface area contributed by atoms with Crippen molar-refractivity contribution in [1.29, 1.82) is 0 Å². The van der Waals surface area contributed by atoms with E-state index in [1.54, 1.807) is 25.0 Å². The highest BCUT2D eigenvalue weighted by Gasteiger charge is 2.05. The maximum atomic E-state index is 11.2. The lowest BCUT2D eigenvalue weighted by Gasteiger charge is -1.95. The third kappa shape index (κ3) is 3.33. The first kappa shape index (κ1) is 9.85. The van der Waals surface area contributed by atoms with Gasteiger partial charge in [-0.15, -0.1) is 5.10 Å². The topological polar surface area (TPSA) is 57.0 Å². The number of Topliss-reactive ketones (excluding diaryl/α,β-unsaturated/α-hetero) is 1. The molecule has 0 radical (unpaired) electrons. The predicted molar refractivity (Wildman–Crippen MR) is 46.2 cm³/mol. The largest absolute Gasteiger partial charge is 0.384 e. The number of carbonyl (C=O) groups is 1. The number of nitrogens with zero attached hydrogens (tertiary/aromatic N) is 3. The van der Waals surface area contributed by atoms with E-state index in [9.17, 15) is 4.79 Å². The summed E-state index contributed by atoms with van der Waals surface area (Å²) in [4.78, 5) is 11.2. The molecule has 72 valence electrons. The number of hydrogen-bond donors (Lipinski definition) is 0. The Labute approximate surface area is 76.7 Å². The molecule has 0 saturated heterocycles. The van der Waals surface area contributed by atoms with E-state index in [1.165, 1.54) is 0 Å². The first-order valence-corrected chi connectivity index (χ1v) is 4.08. The van der Waals surface area contributed by atoms with E-state index in [0.29, 0.717) is 25.1 Å². The number of carbonyl (C=O) groups excluding carboxylic acids is 1.